The van der Waals surface area contributed by atoms with Crippen molar-refractivity contribution >= 4 is 27.6 Å². The van der Waals surface area contributed by atoms with Crippen molar-refractivity contribution in [2.75, 3.05) is 25.0 Å². The molecule has 0 saturated carbocycles. The van der Waals surface area contributed by atoms with Crippen molar-refractivity contribution < 1.29 is 4.79 Å². The summed E-state index contributed by atoms with van der Waals surface area (Å²) >= 11 is 3.39. The second-order valence-electron chi connectivity index (χ2n) is 6.72. The Bertz CT molecular complexity index is 700. The monoisotopic (exact) mass is 401 g/mol. The predicted octanol–water partition coefficient (Wildman–Crippen LogP) is 4.40. The zero-order valence-corrected chi connectivity index (χ0v) is 16.1. The zero-order chi connectivity index (χ0) is 17.6. The molecule has 2 amide bonds. The number of carbonyl (C=O) groups excluding carboxylic acids is 1. The van der Waals surface area contributed by atoms with Crippen LogP contribution in [0.15, 0.2) is 53.0 Å². The summed E-state index contributed by atoms with van der Waals surface area (Å²) in [6.45, 7) is 5.94. The summed E-state index contributed by atoms with van der Waals surface area (Å²) in [6, 6.07) is 16.2. The molecule has 1 saturated heterocycles. The molecule has 1 fully saturated rings. The number of hydrogen-bond acceptors (Lipinski definition) is 2. The highest BCUT2D eigenvalue weighted by Crippen LogP contribution is 2.18. The van der Waals surface area contributed by atoms with Crippen LogP contribution in [-0.2, 0) is 6.54 Å². The highest BCUT2D eigenvalue weighted by Gasteiger charge is 2.22. The van der Waals surface area contributed by atoms with Crippen LogP contribution >= 0.6 is 15.9 Å². The lowest BCUT2D eigenvalue weighted by atomic mass is 10.1. The maximum Gasteiger partial charge on any atom is 0.319 e. The van der Waals surface area contributed by atoms with Crippen LogP contribution in [0, 0.1) is 12.8 Å². The highest BCUT2D eigenvalue weighted by atomic mass is 79.9. The Kier molecular flexibility index (Phi) is 6.10. The number of hydrogen-bond donors (Lipinski definition) is 2. The SMILES string of the molecule is Cc1ccc(CN2CC[C@H](CNC(=O)Nc3ccc(Br)cc3)C2)cc1. The molecule has 2 aromatic carbocycles. The molecule has 0 aliphatic carbocycles. The largest absolute Gasteiger partial charge is 0.338 e. The maximum absolute atomic E-state index is 12.0. The third-order valence-corrected chi connectivity index (χ3v) is 5.08. The molecule has 0 unspecified atom stereocenters. The normalized spacial score (nSPS) is 17.4. The predicted molar refractivity (Wildman–Crippen MR) is 106 cm³/mol. The summed E-state index contributed by atoms with van der Waals surface area (Å²) < 4.78 is 0.998. The average Bonchev–Trinajstić information content (AvgIpc) is 3.05. The van der Waals surface area contributed by atoms with E-state index in [1.165, 1.54) is 11.1 Å². The van der Waals surface area contributed by atoms with Crippen LogP contribution in [0.1, 0.15) is 17.5 Å². The number of halogens is 1. The van der Waals surface area contributed by atoms with Gasteiger partial charge in [0.15, 0.2) is 0 Å². The molecular formula is C20H24BrN3O. The van der Waals surface area contributed by atoms with Gasteiger partial charge in [-0.2, -0.15) is 0 Å². The van der Waals surface area contributed by atoms with Gasteiger partial charge in [0.05, 0.1) is 0 Å². The Balaban J connectivity index is 1.40. The molecule has 0 radical (unpaired) electrons. The number of likely N-dealkylation sites (tertiary alicyclic amines) is 1. The van der Waals surface area contributed by atoms with E-state index in [9.17, 15) is 4.79 Å². The number of amides is 2. The molecule has 3 rings (SSSR count). The average molecular weight is 402 g/mol. The van der Waals surface area contributed by atoms with Crippen molar-refractivity contribution in [1.82, 2.24) is 10.2 Å². The third-order valence-electron chi connectivity index (χ3n) is 4.55. The van der Waals surface area contributed by atoms with Gasteiger partial charge in [0.2, 0.25) is 0 Å². The van der Waals surface area contributed by atoms with E-state index in [2.05, 4.69) is 62.7 Å². The fraction of sp³-hybridized carbons (Fsp3) is 0.350. The Morgan fingerprint density at radius 1 is 1.16 bits per heavy atom. The second-order valence-corrected chi connectivity index (χ2v) is 7.63. The van der Waals surface area contributed by atoms with E-state index >= 15 is 0 Å². The van der Waals surface area contributed by atoms with E-state index in [1.54, 1.807) is 0 Å². The number of rotatable bonds is 5. The topological polar surface area (TPSA) is 44.4 Å². The van der Waals surface area contributed by atoms with Gasteiger partial charge in [-0.1, -0.05) is 45.8 Å². The summed E-state index contributed by atoms with van der Waals surface area (Å²) in [5, 5.41) is 5.86. The van der Waals surface area contributed by atoms with Crippen molar-refractivity contribution in [3.05, 3.63) is 64.1 Å². The van der Waals surface area contributed by atoms with E-state index in [0.29, 0.717) is 12.5 Å². The van der Waals surface area contributed by atoms with Crippen LogP contribution in [0.4, 0.5) is 10.5 Å². The number of aryl methyl sites for hydroxylation is 1. The van der Waals surface area contributed by atoms with Crippen LogP contribution in [0.5, 0.6) is 0 Å². The lowest BCUT2D eigenvalue weighted by molar-refractivity contribution is 0.249. The maximum atomic E-state index is 12.0. The van der Waals surface area contributed by atoms with Gasteiger partial charge >= 0.3 is 6.03 Å². The van der Waals surface area contributed by atoms with Crippen molar-refractivity contribution in [3.8, 4) is 0 Å². The minimum Gasteiger partial charge on any atom is -0.338 e. The molecule has 1 aliphatic heterocycles. The van der Waals surface area contributed by atoms with Gasteiger partial charge in [0.25, 0.3) is 0 Å². The first-order chi connectivity index (χ1) is 12.1. The number of nitrogens with zero attached hydrogens (tertiary/aromatic N) is 1. The van der Waals surface area contributed by atoms with Gasteiger partial charge in [-0.15, -0.1) is 0 Å². The summed E-state index contributed by atoms with van der Waals surface area (Å²) in [7, 11) is 0. The minimum atomic E-state index is -0.140. The van der Waals surface area contributed by atoms with E-state index in [0.717, 1.165) is 36.2 Å². The summed E-state index contributed by atoms with van der Waals surface area (Å²) in [4.78, 5) is 14.5. The van der Waals surface area contributed by atoms with Crippen LogP contribution < -0.4 is 10.6 Å². The molecule has 1 aliphatic rings. The number of urea groups is 1. The first kappa shape index (κ1) is 18.0. The summed E-state index contributed by atoms with van der Waals surface area (Å²) in [5.74, 6) is 0.515. The van der Waals surface area contributed by atoms with Gasteiger partial charge in [0.1, 0.15) is 0 Å². The molecule has 0 bridgehead atoms. The molecule has 1 atom stereocenters. The Morgan fingerprint density at radius 2 is 1.88 bits per heavy atom. The lowest BCUT2D eigenvalue weighted by Crippen LogP contribution is -2.34. The summed E-state index contributed by atoms with van der Waals surface area (Å²) in [6.07, 6.45) is 1.13. The standard InChI is InChI=1S/C20H24BrN3O/c1-15-2-4-16(5-3-15)13-24-11-10-17(14-24)12-22-20(25)23-19-8-6-18(21)7-9-19/h2-9,17H,10-14H2,1H3,(H2,22,23,25)/t17-/m1/s1. The van der Waals surface area contributed by atoms with E-state index < -0.39 is 0 Å². The highest BCUT2D eigenvalue weighted by molar-refractivity contribution is 9.10. The fourth-order valence-corrected chi connectivity index (χ4v) is 3.38. The second kappa shape index (κ2) is 8.50. The zero-order valence-electron chi connectivity index (χ0n) is 14.5. The summed E-state index contributed by atoms with van der Waals surface area (Å²) in [5.41, 5.74) is 3.45. The van der Waals surface area contributed by atoms with Crippen molar-refractivity contribution in [2.45, 2.75) is 19.9 Å². The van der Waals surface area contributed by atoms with Crippen molar-refractivity contribution in [3.63, 3.8) is 0 Å². The Labute approximate surface area is 157 Å². The molecule has 0 aromatic heterocycles. The van der Waals surface area contributed by atoms with Gasteiger partial charge in [0, 0.05) is 29.8 Å². The van der Waals surface area contributed by atoms with Crippen LogP contribution in [-0.4, -0.2) is 30.6 Å². The molecule has 25 heavy (non-hydrogen) atoms. The van der Waals surface area contributed by atoms with Crippen LogP contribution in [0.25, 0.3) is 0 Å². The van der Waals surface area contributed by atoms with E-state index in [-0.39, 0.29) is 6.03 Å². The van der Waals surface area contributed by atoms with Gasteiger partial charge in [-0.05, 0) is 55.6 Å². The van der Waals surface area contributed by atoms with Gasteiger partial charge in [-0.3, -0.25) is 4.90 Å². The Hall–Kier alpha value is -1.85. The molecule has 5 heteroatoms. The van der Waals surface area contributed by atoms with E-state index in [1.807, 2.05) is 24.3 Å². The van der Waals surface area contributed by atoms with Crippen molar-refractivity contribution in [2.24, 2.45) is 5.92 Å². The molecule has 132 valence electrons. The Morgan fingerprint density at radius 3 is 2.60 bits per heavy atom. The van der Waals surface area contributed by atoms with E-state index in [4.69, 9.17) is 0 Å². The molecule has 4 nitrogen and oxygen atoms in total. The first-order valence-electron chi connectivity index (χ1n) is 8.67. The smallest absolute Gasteiger partial charge is 0.319 e. The number of nitrogens with one attached hydrogen (secondary N) is 2. The number of benzene rings is 2. The molecule has 2 N–H and O–H groups in total. The molecule has 2 aromatic rings. The molecule has 0 spiro atoms. The fourth-order valence-electron chi connectivity index (χ4n) is 3.12. The van der Waals surface area contributed by atoms with Crippen LogP contribution in [0.3, 0.4) is 0 Å². The molecule has 1 heterocycles. The van der Waals surface area contributed by atoms with Gasteiger partial charge in [-0.25, -0.2) is 4.79 Å². The molecular weight excluding hydrogens is 378 g/mol. The van der Waals surface area contributed by atoms with Crippen molar-refractivity contribution in [1.29, 1.82) is 0 Å². The quantitative estimate of drug-likeness (QED) is 0.779. The van der Waals surface area contributed by atoms with Gasteiger partial charge < -0.3 is 10.6 Å². The third kappa shape index (κ3) is 5.58. The van der Waals surface area contributed by atoms with Crippen LogP contribution in [0.2, 0.25) is 0 Å². The minimum absolute atomic E-state index is 0.140. The first-order valence-corrected chi connectivity index (χ1v) is 9.46. The lowest BCUT2D eigenvalue weighted by Gasteiger charge is -2.16. The number of carbonyl (C=O) groups is 1. The number of anilines is 1.